The Balaban J connectivity index is 1.53. The molecule has 130 valence electrons. The molecular weight excluding hydrogens is 304 g/mol. The fourth-order valence-corrected chi connectivity index (χ4v) is 3.96. The average Bonchev–Trinajstić information content (AvgIpc) is 3.26. The van der Waals surface area contributed by atoms with Crippen LogP contribution in [-0.2, 0) is 4.84 Å². The number of ether oxygens (including phenoxy) is 2. The van der Waals surface area contributed by atoms with E-state index in [1.165, 1.54) is 12.8 Å². The van der Waals surface area contributed by atoms with Gasteiger partial charge in [-0.05, 0) is 57.0 Å². The SMILES string of the molecule is COc1ccc(C2=NOC3(CCNCC3)C2)cc1OC1CCCC1. The summed E-state index contributed by atoms with van der Waals surface area (Å²) in [6.45, 7) is 2.00. The first kappa shape index (κ1) is 15.8. The number of hydrogen-bond acceptors (Lipinski definition) is 5. The third-order valence-electron chi connectivity index (χ3n) is 5.45. The molecule has 0 unspecified atom stereocenters. The van der Waals surface area contributed by atoms with Gasteiger partial charge in [0, 0.05) is 24.8 Å². The molecule has 1 aromatic rings. The first-order chi connectivity index (χ1) is 11.8. The number of methoxy groups -OCH3 is 1. The number of hydrogen-bond donors (Lipinski definition) is 1. The van der Waals surface area contributed by atoms with Gasteiger partial charge in [0.05, 0.1) is 18.9 Å². The molecule has 5 nitrogen and oxygen atoms in total. The Morgan fingerprint density at radius 2 is 1.96 bits per heavy atom. The monoisotopic (exact) mass is 330 g/mol. The van der Waals surface area contributed by atoms with E-state index in [1.807, 2.05) is 6.07 Å². The van der Waals surface area contributed by atoms with Crippen molar-refractivity contribution in [2.24, 2.45) is 5.16 Å². The molecule has 0 atom stereocenters. The second kappa shape index (κ2) is 6.63. The van der Waals surface area contributed by atoms with Crippen LogP contribution in [0.3, 0.4) is 0 Å². The molecule has 0 aromatic heterocycles. The number of nitrogens with one attached hydrogen (secondary N) is 1. The molecule has 1 N–H and O–H groups in total. The summed E-state index contributed by atoms with van der Waals surface area (Å²) in [4.78, 5) is 5.85. The van der Waals surface area contributed by atoms with Crippen LogP contribution in [0.5, 0.6) is 11.5 Å². The molecule has 0 bridgehead atoms. The highest BCUT2D eigenvalue weighted by Gasteiger charge is 2.40. The predicted octanol–water partition coefficient (Wildman–Crippen LogP) is 3.26. The Labute approximate surface area is 143 Å². The molecule has 0 amide bonds. The topological polar surface area (TPSA) is 52.1 Å². The van der Waals surface area contributed by atoms with E-state index in [2.05, 4.69) is 22.6 Å². The summed E-state index contributed by atoms with van der Waals surface area (Å²) >= 11 is 0. The number of piperidine rings is 1. The number of rotatable bonds is 4. The zero-order chi connectivity index (χ0) is 16.4. The zero-order valence-electron chi connectivity index (χ0n) is 14.3. The van der Waals surface area contributed by atoms with E-state index in [4.69, 9.17) is 14.3 Å². The van der Waals surface area contributed by atoms with Gasteiger partial charge in [-0.3, -0.25) is 0 Å². The summed E-state index contributed by atoms with van der Waals surface area (Å²) in [5, 5.41) is 7.79. The fourth-order valence-electron chi connectivity index (χ4n) is 3.96. The van der Waals surface area contributed by atoms with E-state index in [0.717, 1.165) is 68.0 Å². The van der Waals surface area contributed by atoms with Gasteiger partial charge in [-0.2, -0.15) is 0 Å². The zero-order valence-corrected chi connectivity index (χ0v) is 14.3. The lowest BCUT2D eigenvalue weighted by Gasteiger charge is -2.30. The molecule has 1 saturated heterocycles. The largest absolute Gasteiger partial charge is 0.493 e. The number of benzene rings is 1. The third-order valence-corrected chi connectivity index (χ3v) is 5.45. The van der Waals surface area contributed by atoms with Crippen LogP contribution in [0.1, 0.15) is 50.5 Å². The lowest BCUT2D eigenvalue weighted by molar-refractivity contribution is -0.0400. The van der Waals surface area contributed by atoms with Crippen LogP contribution < -0.4 is 14.8 Å². The standard InChI is InChI=1S/C19H26N2O3/c1-22-17-7-6-14(12-18(17)23-15-4-2-3-5-15)16-13-19(24-21-16)8-10-20-11-9-19/h6-7,12,15,20H,2-5,8-11,13H2,1H3. The van der Waals surface area contributed by atoms with Crippen molar-refractivity contribution in [3.8, 4) is 11.5 Å². The van der Waals surface area contributed by atoms with Crippen molar-refractivity contribution >= 4 is 5.71 Å². The van der Waals surface area contributed by atoms with Gasteiger partial charge >= 0.3 is 0 Å². The Bertz CT molecular complexity index is 617. The summed E-state index contributed by atoms with van der Waals surface area (Å²) in [7, 11) is 1.69. The number of nitrogens with zero attached hydrogens (tertiary/aromatic N) is 1. The van der Waals surface area contributed by atoms with Gasteiger partial charge in [0.25, 0.3) is 0 Å². The van der Waals surface area contributed by atoms with Crippen LogP contribution in [0.4, 0.5) is 0 Å². The summed E-state index contributed by atoms with van der Waals surface area (Å²) < 4.78 is 11.7. The first-order valence-corrected chi connectivity index (χ1v) is 9.09. The van der Waals surface area contributed by atoms with Crippen LogP contribution in [-0.4, -0.2) is 37.6 Å². The van der Waals surface area contributed by atoms with E-state index in [9.17, 15) is 0 Å². The minimum absolute atomic E-state index is 0.104. The Kier molecular flexibility index (Phi) is 4.35. The van der Waals surface area contributed by atoms with E-state index >= 15 is 0 Å². The maximum atomic E-state index is 6.20. The van der Waals surface area contributed by atoms with Crippen LogP contribution in [0.15, 0.2) is 23.4 Å². The molecule has 1 aromatic carbocycles. The van der Waals surface area contributed by atoms with Crippen LogP contribution in [0.25, 0.3) is 0 Å². The molecule has 4 rings (SSSR count). The first-order valence-electron chi connectivity index (χ1n) is 9.09. The molecule has 2 aliphatic heterocycles. The highest BCUT2D eigenvalue weighted by atomic mass is 16.7. The molecule has 0 radical (unpaired) electrons. The van der Waals surface area contributed by atoms with Gasteiger partial charge in [0.2, 0.25) is 0 Å². The van der Waals surface area contributed by atoms with Crippen molar-refractivity contribution < 1.29 is 14.3 Å². The second-order valence-corrected chi connectivity index (χ2v) is 7.13. The number of oxime groups is 1. The Hall–Kier alpha value is -1.75. The lowest BCUT2D eigenvalue weighted by atomic mass is 9.86. The van der Waals surface area contributed by atoms with Crippen molar-refractivity contribution in [3.05, 3.63) is 23.8 Å². The molecule has 2 heterocycles. The smallest absolute Gasteiger partial charge is 0.162 e. The molecule has 3 aliphatic rings. The molecule has 24 heavy (non-hydrogen) atoms. The summed E-state index contributed by atoms with van der Waals surface area (Å²) in [6.07, 6.45) is 7.99. The third kappa shape index (κ3) is 3.09. The van der Waals surface area contributed by atoms with Crippen molar-refractivity contribution in [2.45, 2.75) is 56.7 Å². The molecular formula is C19H26N2O3. The molecule has 5 heteroatoms. The highest BCUT2D eigenvalue weighted by Crippen LogP contribution is 2.37. The van der Waals surface area contributed by atoms with Crippen molar-refractivity contribution in [1.82, 2.24) is 5.32 Å². The molecule has 1 saturated carbocycles. The van der Waals surface area contributed by atoms with Gasteiger partial charge in [-0.25, -0.2) is 0 Å². The van der Waals surface area contributed by atoms with Gasteiger partial charge < -0.3 is 19.6 Å². The van der Waals surface area contributed by atoms with Gasteiger partial charge in [-0.1, -0.05) is 5.16 Å². The molecule has 1 aliphatic carbocycles. The normalized spacial score (nSPS) is 23.1. The maximum absolute atomic E-state index is 6.20. The van der Waals surface area contributed by atoms with Crippen LogP contribution >= 0.6 is 0 Å². The van der Waals surface area contributed by atoms with E-state index in [-0.39, 0.29) is 5.60 Å². The Morgan fingerprint density at radius 1 is 1.17 bits per heavy atom. The highest BCUT2D eigenvalue weighted by molar-refractivity contribution is 6.02. The second-order valence-electron chi connectivity index (χ2n) is 7.13. The minimum atomic E-state index is -0.104. The van der Waals surface area contributed by atoms with E-state index < -0.39 is 0 Å². The van der Waals surface area contributed by atoms with Crippen LogP contribution in [0, 0.1) is 0 Å². The quantitative estimate of drug-likeness (QED) is 0.920. The fraction of sp³-hybridized carbons (Fsp3) is 0.632. The van der Waals surface area contributed by atoms with Crippen LogP contribution in [0.2, 0.25) is 0 Å². The maximum Gasteiger partial charge on any atom is 0.162 e. The summed E-state index contributed by atoms with van der Waals surface area (Å²) in [6, 6.07) is 6.11. The summed E-state index contributed by atoms with van der Waals surface area (Å²) in [5.41, 5.74) is 2.00. The minimum Gasteiger partial charge on any atom is -0.493 e. The average molecular weight is 330 g/mol. The van der Waals surface area contributed by atoms with Crippen molar-refractivity contribution in [2.75, 3.05) is 20.2 Å². The van der Waals surface area contributed by atoms with Gasteiger partial charge in [0.1, 0.15) is 5.60 Å². The van der Waals surface area contributed by atoms with E-state index in [1.54, 1.807) is 7.11 Å². The van der Waals surface area contributed by atoms with E-state index in [0.29, 0.717) is 6.10 Å². The van der Waals surface area contributed by atoms with Gasteiger partial charge in [0.15, 0.2) is 11.5 Å². The Morgan fingerprint density at radius 3 is 2.71 bits per heavy atom. The molecule has 2 fully saturated rings. The van der Waals surface area contributed by atoms with Gasteiger partial charge in [-0.15, -0.1) is 0 Å². The lowest BCUT2D eigenvalue weighted by Crippen LogP contribution is -2.42. The predicted molar refractivity (Wildman–Crippen MR) is 93.0 cm³/mol. The van der Waals surface area contributed by atoms with Crippen molar-refractivity contribution in [3.63, 3.8) is 0 Å². The van der Waals surface area contributed by atoms with Crippen molar-refractivity contribution in [1.29, 1.82) is 0 Å². The summed E-state index contributed by atoms with van der Waals surface area (Å²) in [5.74, 6) is 1.62. The molecule has 1 spiro atoms.